The minimum atomic E-state index is -4.69. The number of likely N-dealkylation sites (tertiary alicyclic amines) is 1. The van der Waals surface area contributed by atoms with E-state index in [-0.39, 0.29) is 24.1 Å². The molecule has 0 radical (unpaired) electrons. The van der Waals surface area contributed by atoms with E-state index in [0.29, 0.717) is 57.7 Å². The van der Waals surface area contributed by atoms with Gasteiger partial charge in [-0.05, 0) is 158 Å². The van der Waals surface area contributed by atoms with Crippen LogP contribution >= 0.6 is 11.3 Å². The van der Waals surface area contributed by atoms with Crippen LogP contribution in [0.4, 0.5) is 24.5 Å². The number of pyridine rings is 1. The van der Waals surface area contributed by atoms with E-state index in [1.165, 1.54) is 44.6 Å². The van der Waals surface area contributed by atoms with Crippen molar-refractivity contribution < 1.29 is 42.3 Å². The number of anilines is 2. The molecule has 5 amide bonds. The molecule has 13 nitrogen and oxygen atoms in total. The van der Waals surface area contributed by atoms with Gasteiger partial charge < -0.3 is 20.6 Å². The molecule has 66 heavy (non-hydrogen) atoms. The first-order valence-corrected chi connectivity index (χ1v) is 24.1. The van der Waals surface area contributed by atoms with Crippen molar-refractivity contribution in [2.75, 3.05) is 36.8 Å². The topological polar surface area (TPSA) is 174 Å². The summed E-state index contributed by atoms with van der Waals surface area (Å²) >= 11 is 1.56. The summed E-state index contributed by atoms with van der Waals surface area (Å²) in [5, 5.41) is 20.4. The van der Waals surface area contributed by atoms with E-state index in [1.54, 1.807) is 49.4 Å². The average molecular weight is 928 g/mol. The van der Waals surface area contributed by atoms with E-state index in [4.69, 9.17) is 4.98 Å². The number of alkyl halides is 3. The molecule has 5 heterocycles. The number of amides is 5. The molecule has 2 aromatic heterocycles. The fourth-order valence-electron chi connectivity index (χ4n) is 11.0. The third-order valence-electron chi connectivity index (χ3n) is 14.9. The lowest BCUT2D eigenvalue weighted by atomic mass is 9.65. The van der Waals surface area contributed by atoms with Crippen LogP contribution in [-0.2, 0) is 21.4 Å². The Morgan fingerprint density at radius 3 is 2.30 bits per heavy atom. The molecule has 0 bridgehead atoms. The first-order valence-electron chi connectivity index (χ1n) is 23.3. The standard InChI is InChI=1S/C49H56F3N7O6S/c1-47(2,65)32-25-36-38(26-35(32)55-42(61)34-7-4-8-39(54-34)49(50,51)52)66-44(56-36)30-11-9-29(10-12-30)27-58-23-20-48(21-24-58)18-15-28(16-19-48)17-22-53-33-6-3-5-31-41(33)46(64)59(45(31)63)37-13-14-40(60)57-43(37)62/h3-8,25-26,28-30,37,53,65H,9-24,27H2,1-2H3,(H,55,61)(H,57,60,62)/t29-,30-,37?. The second kappa shape index (κ2) is 18.1. The van der Waals surface area contributed by atoms with Crippen LogP contribution in [0.3, 0.4) is 0 Å². The van der Waals surface area contributed by atoms with Gasteiger partial charge in [0.25, 0.3) is 17.7 Å². The summed E-state index contributed by atoms with van der Waals surface area (Å²) in [7, 11) is 0. The van der Waals surface area contributed by atoms with E-state index >= 15 is 0 Å². The third kappa shape index (κ3) is 9.48. The number of aromatic nitrogens is 2. The van der Waals surface area contributed by atoms with Crippen LogP contribution in [0.25, 0.3) is 10.2 Å². The number of halogens is 3. The maximum absolute atomic E-state index is 13.5. The maximum atomic E-state index is 13.5. The lowest BCUT2D eigenvalue weighted by Crippen LogP contribution is -2.54. The van der Waals surface area contributed by atoms with Gasteiger partial charge in [-0.1, -0.05) is 12.1 Å². The van der Waals surface area contributed by atoms with Crippen LogP contribution in [-0.4, -0.2) is 86.6 Å². The SMILES string of the molecule is CC(C)(O)c1cc2nc([C@H]3CC[C@H](CN4CCC5(CCC(CCNc6cccc7c6C(=O)N(C6CCC(=O)NC6=O)C7=O)CC5)CC4)CC3)sc2cc1NC(=O)c1cccc(C(F)(F)F)n1. The Morgan fingerprint density at radius 2 is 1.61 bits per heavy atom. The van der Waals surface area contributed by atoms with Gasteiger partial charge in [-0.2, -0.15) is 13.2 Å². The number of hydrogen-bond donors (Lipinski definition) is 4. The number of rotatable bonds is 11. The van der Waals surface area contributed by atoms with Gasteiger partial charge in [0.1, 0.15) is 17.4 Å². The molecule has 1 unspecified atom stereocenters. The summed E-state index contributed by atoms with van der Waals surface area (Å²) in [6.45, 7) is 7.22. The number of imide groups is 2. The molecule has 4 fully saturated rings. The van der Waals surface area contributed by atoms with Crippen molar-refractivity contribution >= 4 is 62.5 Å². The van der Waals surface area contributed by atoms with Crippen molar-refractivity contribution in [1.29, 1.82) is 0 Å². The lowest BCUT2D eigenvalue weighted by Gasteiger charge is -2.47. The molecular formula is C49H56F3N7O6S. The fraction of sp³-hybridized carbons (Fsp3) is 0.531. The normalized spacial score (nSPS) is 23.1. The van der Waals surface area contributed by atoms with Crippen LogP contribution in [0, 0.1) is 17.3 Å². The van der Waals surface area contributed by atoms with Crippen molar-refractivity contribution in [2.24, 2.45) is 17.3 Å². The van der Waals surface area contributed by atoms with Crippen LogP contribution in [0.2, 0.25) is 0 Å². The zero-order valence-corrected chi connectivity index (χ0v) is 38.1. The van der Waals surface area contributed by atoms with Gasteiger partial charge in [0.05, 0.1) is 32.0 Å². The molecule has 4 aromatic rings. The predicted molar refractivity (Wildman–Crippen MR) is 243 cm³/mol. The number of benzene rings is 2. The van der Waals surface area contributed by atoms with E-state index in [9.17, 15) is 42.3 Å². The second-order valence-electron chi connectivity index (χ2n) is 19.7. The first-order chi connectivity index (χ1) is 31.4. The van der Waals surface area contributed by atoms with Crippen LogP contribution in [0.5, 0.6) is 0 Å². The molecule has 1 spiro atoms. The van der Waals surface area contributed by atoms with Crippen LogP contribution < -0.4 is 16.0 Å². The van der Waals surface area contributed by atoms with E-state index in [2.05, 4.69) is 25.8 Å². The Bertz CT molecular complexity index is 2550. The van der Waals surface area contributed by atoms with Gasteiger partial charge in [-0.15, -0.1) is 11.3 Å². The number of nitrogens with one attached hydrogen (secondary N) is 3. The third-order valence-corrected chi connectivity index (χ3v) is 16.0. The Labute approximate surface area is 385 Å². The van der Waals surface area contributed by atoms with E-state index in [1.807, 2.05) is 6.07 Å². The highest BCUT2D eigenvalue weighted by atomic mass is 32.1. The smallest absolute Gasteiger partial charge is 0.386 e. The summed E-state index contributed by atoms with van der Waals surface area (Å²) in [5.41, 5.74) is 0.126. The molecule has 3 aliphatic heterocycles. The number of aliphatic hydroxyl groups is 1. The molecule has 1 atom stereocenters. The van der Waals surface area contributed by atoms with Crippen molar-refractivity contribution in [3.05, 3.63) is 81.6 Å². The highest BCUT2D eigenvalue weighted by Crippen LogP contribution is 2.48. The van der Waals surface area contributed by atoms with Gasteiger partial charge in [0, 0.05) is 42.4 Å². The molecule has 2 aromatic carbocycles. The van der Waals surface area contributed by atoms with Gasteiger partial charge in [0.2, 0.25) is 11.8 Å². The van der Waals surface area contributed by atoms with Gasteiger partial charge in [-0.25, -0.2) is 9.97 Å². The Kier molecular flexibility index (Phi) is 12.6. The summed E-state index contributed by atoms with van der Waals surface area (Å²) in [4.78, 5) is 76.2. The highest BCUT2D eigenvalue weighted by Gasteiger charge is 2.46. The van der Waals surface area contributed by atoms with E-state index < -0.39 is 53.0 Å². The zero-order chi connectivity index (χ0) is 46.5. The molecule has 350 valence electrons. The van der Waals surface area contributed by atoms with E-state index in [0.717, 1.165) is 78.5 Å². The Hall–Kier alpha value is -5.26. The maximum Gasteiger partial charge on any atom is 0.433 e. The predicted octanol–water partition coefficient (Wildman–Crippen LogP) is 8.64. The number of fused-ring (bicyclic) bond motifs is 2. The van der Waals surface area contributed by atoms with Crippen molar-refractivity contribution in [2.45, 2.75) is 121 Å². The summed E-state index contributed by atoms with van der Waals surface area (Å²) in [6, 6.07) is 10.9. The average Bonchev–Trinajstić information content (AvgIpc) is 3.82. The molecule has 2 saturated carbocycles. The van der Waals surface area contributed by atoms with Crippen molar-refractivity contribution in [3.63, 3.8) is 0 Å². The fourth-order valence-corrected chi connectivity index (χ4v) is 12.2. The van der Waals surface area contributed by atoms with Crippen LogP contribution in [0.1, 0.15) is 151 Å². The molecule has 4 N–H and O–H groups in total. The Morgan fingerprint density at radius 1 is 0.879 bits per heavy atom. The van der Waals surface area contributed by atoms with Gasteiger partial charge in [-0.3, -0.25) is 34.2 Å². The number of nitrogens with zero attached hydrogens (tertiary/aromatic N) is 4. The van der Waals surface area contributed by atoms with Gasteiger partial charge >= 0.3 is 6.18 Å². The monoisotopic (exact) mass is 927 g/mol. The lowest BCUT2D eigenvalue weighted by molar-refractivity contribution is -0.141. The van der Waals surface area contributed by atoms with Crippen molar-refractivity contribution in [3.8, 4) is 0 Å². The minimum absolute atomic E-state index is 0.0819. The molecular weight excluding hydrogens is 872 g/mol. The number of carbonyl (C=O) groups is 5. The molecule has 2 saturated heterocycles. The number of carbonyl (C=O) groups excluding carboxylic acids is 5. The molecule has 17 heteroatoms. The Balaban J connectivity index is 0.726. The van der Waals surface area contributed by atoms with Crippen molar-refractivity contribution in [1.82, 2.24) is 25.1 Å². The van der Waals surface area contributed by atoms with Gasteiger partial charge in [0.15, 0.2) is 0 Å². The summed E-state index contributed by atoms with van der Waals surface area (Å²) in [5.74, 6) is -1.29. The zero-order valence-electron chi connectivity index (χ0n) is 37.3. The molecule has 9 rings (SSSR count). The minimum Gasteiger partial charge on any atom is -0.386 e. The number of hydrogen-bond acceptors (Lipinski definition) is 11. The summed E-state index contributed by atoms with van der Waals surface area (Å²) < 4.78 is 40.7. The number of piperidine rings is 2. The quantitative estimate of drug-likeness (QED) is 0.107. The first kappa shape index (κ1) is 45.9. The molecule has 2 aliphatic carbocycles. The highest BCUT2D eigenvalue weighted by molar-refractivity contribution is 7.18. The largest absolute Gasteiger partial charge is 0.433 e. The van der Waals surface area contributed by atoms with Crippen LogP contribution in [0.15, 0.2) is 48.5 Å². The molecule has 5 aliphatic rings. The summed E-state index contributed by atoms with van der Waals surface area (Å²) in [6.07, 6.45) is 8.04. The second-order valence-corrected chi connectivity index (χ2v) is 20.8. The number of thiazole rings is 1.